The maximum Gasteiger partial charge on any atom is 0.311 e. The molecule has 332 valence electrons. The molecule has 2 aromatic rings. The lowest BCUT2D eigenvalue weighted by Crippen LogP contribution is -2.58. The van der Waals surface area contributed by atoms with Crippen molar-refractivity contribution in [1.82, 2.24) is 0 Å². The van der Waals surface area contributed by atoms with Gasteiger partial charge in [-0.1, -0.05) is 102 Å². The van der Waals surface area contributed by atoms with E-state index in [1.165, 1.54) is 0 Å². The molecule has 0 radical (unpaired) electrons. The fourth-order valence-corrected chi connectivity index (χ4v) is 12.1. The minimum Gasteiger partial charge on any atom is -0.460 e. The van der Waals surface area contributed by atoms with Gasteiger partial charge in [0.15, 0.2) is 5.79 Å². The molecule has 6 aliphatic heterocycles. The lowest BCUT2D eigenvalue weighted by Gasteiger charge is -2.50. The minimum absolute atomic E-state index is 0.0157. The number of hydrogen-bond acceptors (Lipinski definition) is 10. The topological polar surface area (TPSA) is 100 Å². The van der Waals surface area contributed by atoms with Crippen molar-refractivity contribution >= 4 is 5.97 Å². The Balaban J connectivity index is 1.14. The van der Waals surface area contributed by atoms with Crippen LogP contribution in [0.25, 0.3) is 0 Å². The van der Waals surface area contributed by atoms with Gasteiger partial charge in [0.1, 0.15) is 6.61 Å². The minimum atomic E-state index is -1.18. The summed E-state index contributed by atoms with van der Waals surface area (Å²) in [6, 6.07) is 20.4. The third-order valence-corrected chi connectivity index (χ3v) is 15.8. The molecule has 0 amide bonds. The van der Waals surface area contributed by atoms with Crippen molar-refractivity contribution in [2.75, 3.05) is 13.7 Å². The largest absolute Gasteiger partial charge is 0.460 e. The van der Waals surface area contributed by atoms with Crippen LogP contribution in [-0.2, 0) is 60.6 Å². The molecule has 1 spiro atoms. The average molecular weight is 833 g/mol. The van der Waals surface area contributed by atoms with Gasteiger partial charge in [-0.25, -0.2) is 0 Å². The van der Waals surface area contributed by atoms with Crippen molar-refractivity contribution in [1.29, 1.82) is 0 Å². The van der Waals surface area contributed by atoms with E-state index in [0.717, 1.165) is 56.1 Å². The number of ether oxygens (including phenoxy) is 9. The standard InChI is InChI=1S/C50H72O10/c1-10-48-22-21-41(57-48)47(8)23-24-49(60-47)27-40(53-28-37-17-13-11-14-18-37)34(5)44(58-49)35(6)43(52-9)36(7)46(51)54-30-50(55-29-38-19-15-12-16-20-38)33(4)25-31(2)42(59-50)39-26-32(3)45(48)56-39/h11-20,31-36,39-45H,10,21-30H2,1-9H3. The average Bonchev–Trinajstić information content (AvgIpc) is 3.97. The smallest absolute Gasteiger partial charge is 0.311 e. The molecule has 0 aliphatic carbocycles. The molecule has 9 bridgehead atoms. The van der Waals surface area contributed by atoms with E-state index in [1.54, 1.807) is 7.11 Å². The Bertz CT molecular complexity index is 1740. The Morgan fingerprint density at radius 2 is 1.48 bits per heavy atom. The molecule has 6 fully saturated rings. The molecule has 17 unspecified atom stereocenters. The summed E-state index contributed by atoms with van der Waals surface area (Å²) >= 11 is 0. The number of carbonyl (C=O) groups is 1. The van der Waals surface area contributed by atoms with E-state index in [2.05, 4.69) is 60.6 Å². The normalized spacial score (nSPS) is 45.9. The summed E-state index contributed by atoms with van der Waals surface area (Å²) in [4.78, 5) is 14.4. The number of cyclic esters (lactones) is 1. The molecule has 17 atom stereocenters. The van der Waals surface area contributed by atoms with E-state index in [1.807, 2.05) is 55.5 Å². The van der Waals surface area contributed by atoms with Crippen molar-refractivity contribution in [3.63, 3.8) is 0 Å². The van der Waals surface area contributed by atoms with Gasteiger partial charge in [0.05, 0.1) is 73.1 Å². The van der Waals surface area contributed by atoms with Crippen LogP contribution in [0, 0.1) is 35.5 Å². The number of carbonyl (C=O) groups excluding carboxylic acids is 1. The number of rotatable bonds is 8. The van der Waals surface area contributed by atoms with Crippen LogP contribution in [0.4, 0.5) is 0 Å². The maximum atomic E-state index is 14.4. The number of benzene rings is 2. The van der Waals surface area contributed by atoms with Gasteiger partial charge in [0, 0.05) is 37.7 Å². The molecule has 60 heavy (non-hydrogen) atoms. The Labute approximate surface area is 359 Å². The van der Waals surface area contributed by atoms with Crippen molar-refractivity contribution in [3.8, 4) is 0 Å². The summed E-state index contributed by atoms with van der Waals surface area (Å²) in [5.74, 6) is -2.86. The van der Waals surface area contributed by atoms with Gasteiger partial charge in [-0.15, -0.1) is 0 Å². The third kappa shape index (κ3) is 8.38. The Kier molecular flexibility index (Phi) is 13.0. The van der Waals surface area contributed by atoms with E-state index < -0.39 is 34.8 Å². The van der Waals surface area contributed by atoms with Gasteiger partial charge in [0.25, 0.3) is 0 Å². The fourth-order valence-electron chi connectivity index (χ4n) is 12.1. The molecule has 2 aromatic carbocycles. The first-order valence-electron chi connectivity index (χ1n) is 23.1. The zero-order valence-corrected chi connectivity index (χ0v) is 37.6. The van der Waals surface area contributed by atoms with E-state index in [9.17, 15) is 4.79 Å². The van der Waals surface area contributed by atoms with Crippen LogP contribution >= 0.6 is 0 Å². The second kappa shape index (κ2) is 17.6. The lowest BCUT2D eigenvalue weighted by atomic mass is 9.78. The second-order valence-electron chi connectivity index (χ2n) is 19.9. The predicted octanol–water partition coefficient (Wildman–Crippen LogP) is 9.20. The van der Waals surface area contributed by atoms with Crippen molar-refractivity contribution in [2.45, 2.75) is 185 Å². The third-order valence-electron chi connectivity index (χ3n) is 15.8. The first-order valence-corrected chi connectivity index (χ1v) is 23.1. The van der Waals surface area contributed by atoms with Crippen LogP contribution < -0.4 is 0 Å². The quantitative estimate of drug-likeness (QED) is 0.189. The zero-order valence-electron chi connectivity index (χ0n) is 37.6. The number of hydrogen-bond donors (Lipinski definition) is 0. The molecule has 10 heteroatoms. The highest BCUT2D eigenvalue weighted by atomic mass is 16.7. The van der Waals surface area contributed by atoms with Crippen LogP contribution in [-0.4, -0.2) is 85.2 Å². The lowest BCUT2D eigenvalue weighted by molar-refractivity contribution is -0.348. The highest BCUT2D eigenvalue weighted by Crippen LogP contribution is 2.55. The number of methoxy groups -OCH3 is 1. The molecule has 10 nitrogen and oxygen atoms in total. The van der Waals surface area contributed by atoms with Gasteiger partial charge in [-0.05, 0) is 75.3 Å². The van der Waals surface area contributed by atoms with Gasteiger partial charge < -0.3 is 42.6 Å². The SMILES string of the molecule is CCC12CCC(O1)C1(C)CCC3(CC(OCc4ccccc4)C(C)C(O3)C(C)C(OC)C(C)C(=O)OCC3(OCc4ccccc4)OC(C(C)CC3C)C3CC(C)C2O3)O1. The summed E-state index contributed by atoms with van der Waals surface area (Å²) in [7, 11) is 1.68. The molecule has 0 N–H and O–H groups in total. The maximum absolute atomic E-state index is 14.4. The van der Waals surface area contributed by atoms with Crippen molar-refractivity contribution < 1.29 is 47.4 Å². The summed E-state index contributed by atoms with van der Waals surface area (Å²) in [6.45, 7) is 18.1. The van der Waals surface area contributed by atoms with Crippen LogP contribution in [0.5, 0.6) is 0 Å². The molecule has 6 saturated heterocycles. The number of fused-ring (bicyclic) bond motifs is 11. The summed E-state index contributed by atoms with van der Waals surface area (Å²) in [5.41, 5.74) is 1.13. The molecule has 6 heterocycles. The van der Waals surface area contributed by atoms with Crippen LogP contribution in [0.2, 0.25) is 0 Å². The molecule has 6 aliphatic rings. The predicted molar refractivity (Wildman–Crippen MR) is 227 cm³/mol. The molecule has 0 aromatic heterocycles. The molecule has 0 saturated carbocycles. The van der Waals surface area contributed by atoms with Gasteiger partial charge in [-0.2, -0.15) is 0 Å². The Morgan fingerprint density at radius 3 is 2.17 bits per heavy atom. The first-order chi connectivity index (χ1) is 28.7. The van der Waals surface area contributed by atoms with Gasteiger partial charge in [0.2, 0.25) is 5.79 Å². The number of esters is 1. The van der Waals surface area contributed by atoms with E-state index in [0.29, 0.717) is 19.6 Å². The Morgan fingerprint density at radius 1 is 0.783 bits per heavy atom. The highest BCUT2D eigenvalue weighted by molar-refractivity contribution is 5.72. The van der Waals surface area contributed by atoms with Gasteiger partial charge >= 0.3 is 5.97 Å². The first kappa shape index (κ1) is 44.2. The monoisotopic (exact) mass is 833 g/mol. The van der Waals surface area contributed by atoms with Crippen LogP contribution in [0.3, 0.4) is 0 Å². The van der Waals surface area contributed by atoms with E-state index in [4.69, 9.17) is 42.6 Å². The summed E-state index contributed by atoms with van der Waals surface area (Å²) < 4.78 is 62.7. The molecular formula is C50H72O10. The Hall–Kier alpha value is -2.41. The zero-order chi connectivity index (χ0) is 42.5. The molecule has 8 rings (SSSR count). The summed E-state index contributed by atoms with van der Waals surface area (Å²) in [6.07, 6.45) is 4.78. The van der Waals surface area contributed by atoms with Gasteiger partial charge in [-0.3, -0.25) is 4.79 Å². The van der Waals surface area contributed by atoms with E-state index >= 15 is 0 Å². The van der Waals surface area contributed by atoms with Crippen molar-refractivity contribution in [2.24, 2.45) is 35.5 Å². The highest BCUT2D eigenvalue weighted by Gasteiger charge is 2.63. The van der Waals surface area contributed by atoms with Crippen molar-refractivity contribution in [3.05, 3.63) is 71.8 Å². The second-order valence-corrected chi connectivity index (χ2v) is 19.9. The van der Waals surface area contributed by atoms with Crippen LogP contribution in [0.15, 0.2) is 60.7 Å². The summed E-state index contributed by atoms with van der Waals surface area (Å²) in [5, 5.41) is 0. The van der Waals surface area contributed by atoms with E-state index in [-0.39, 0.29) is 78.8 Å². The fraction of sp³-hybridized carbons (Fsp3) is 0.740. The van der Waals surface area contributed by atoms with Crippen LogP contribution in [0.1, 0.15) is 118 Å². The molecular weight excluding hydrogens is 761 g/mol.